The van der Waals surface area contributed by atoms with Crippen LogP contribution >= 0.6 is 15.9 Å². The Labute approximate surface area is 164 Å². The van der Waals surface area contributed by atoms with Gasteiger partial charge in [-0.3, -0.25) is 9.69 Å². The highest BCUT2D eigenvalue weighted by Crippen LogP contribution is 2.45. The van der Waals surface area contributed by atoms with Gasteiger partial charge in [-0.2, -0.15) is 0 Å². The van der Waals surface area contributed by atoms with Crippen LogP contribution in [0.15, 0.2) is 34.3 Å². The van der Waals surface area contributed by atoms with E-state index < -0.39 is 0 Å². The van der Waals surface area contributed by atoms with Crippen molar-refractivity contribution in [2.45, 2.75) is 50.6 Å². The molecule has 4 saturated heterocycles. The lowest BCUT2D eigenvalue weighted by Crippen LogP contribution is -2.66. The van der Waals surface area contributed by atoms with Gasteiger partial charge in [-0.1, -0.05) is 28.1 Å². The Kier molecular flexibility index (Phi) is 4.44. The number of benzene rings is 1. The molecule has 0 spiro atoms. The zero-order valence-electron chi connectivity index (χ0n) is 15.2. The molecule has 4 aliphatic rings. The molecular weight excluding hydrogens is 388 g/mol. The summed E-state index contributed by atoms with van der Waals surface area (Å²) in [4.78, 5) is 18.3. The molecule has 138 valence electrons. The number of carbonyl (C=O) groups excluding carboxylic acids is 1. The molecule has 4 heterocycles. The number of rotatable bonds is 1. The van der Waals surface area contributed by atoms with Gasteiger partial charge >= 0.3 is 0 Å². The summed E-state index contributed by atoms with van der Waals surface area (Å²) in [6.07, 6.45) is 9.44. The van der Waals surface area contributed by atoms with E-state index in [-0.39, 0.29) is 0 Å². The molecule has 4 atom stereocenters. The summed E-state index contributed by atoms with van der Waals surface area (Å²) in [6, 6.07) is 9.50. The molecule has 4 aliphatic heterocycles. The monoisotopic (exact) mass is 414 g/mol. The Morgan fingerprint density at radius 3 is 2.62 bits per heavy atom. The molecule has 4 unspecified atom stereocenters. The Balaban J connectivity index is 1.41. The van der Waals surface area contributed by atoms with Gasteiger partial charge in [0.05, 0.1) is 0 Å². The molecular formula is C22H27BrN2O. The van der Waals surface area contributed by atoms with Gasteiger partial charge in [-0.25, -0.2) is 0 Å². The summed E-state index contributed by atoms with van der Waals surface area (Å²) in [5.74, 6) is 1.72. The fourth-order valence-electron chi connectivity index (χ4n) is 6.09. The van der Waals surface area contributed by atoms with Crippen molar-refractivity contribution in [1.29, 1.82) is 0 Å². The normalized spacial score (nSPS) is 36.0. The topological polar surface area (TPSA) is 23.6 Å². The predicted octanol–water partition coefficient (Wildman–Crippen LogP) is 4.33. The van der Waals surface area contributed by atoms with Crippen molar-refractivity contribution >= 4 is 27.9 Å². The van der Waals surface area contributed by atoms with E-state index in [1.54, 1.807) is 0 Å². The molecule has 0 bridgehead atoms. The highest BCUT2D eigenvalue weighted by Gasteiger charge is 2.51. The largest absolute Gasteiger partial charge is 0.335 e. The maximum absolute atomic E-state index is 13.3. The van der Waals surface area contributed by atoms with E-state index in [2.05, 4.69) is 43.9 Å². The minimum atomic E-state index is 0.310. The smallest absolute Gasteiger partial charge is 0.250 e. The quantitative estimate of drug-likeness (QED) is 0.638. The number of hydrogen-bond acceptors (Lipinski definition) is 2. The molecule has 0 aromatic heterocycles. The van der Waals surface area contributed by atoms with Gasteiger partial charge in [-0.05, 0) is 87.2 Å². The van der Waals surface area contributed by atoms with Crippen LogP contribution in [0.25, 0.3) is 6.08 Å². The fourth-order valence-corrected chi connectivity index (χ4v) is 6.35. The first-order valence-electron chi connectivity index (χ1n) is 10.2. The van der Waals surface area contributed by atoms with Crippen molar-refractivity contribution in [2.75, 3.05) is 19.6 Å². The zero-order chi connectivity index (χ0) is 17.7. The van der Waals surface area contributed by atoms with Crippen molar-refractivity contribution in [3.8, 4) is 0 Å². The molecule has 0 aliphatic carbocycles. The lowest BCUT2D eigenvalue weighted by atomic mass is 9.67. The first-order valence-corrected chi connectivity index (χ1v) is 11.0. The Bertz CT molecular complexity index is 726. The maximum atomic E-state index is 13.3. The van der Waals surface area contributed by atoms with E-state index in [0.29, 0.717) is 23.8 Å². The van der Waals surface area contributed by atoms with E-state index in [0.717, 1.165) is 41.0 Å². The first kappa shape index (κ1) is 17.0. The highest BCUT2D eigenvalue weighted by atomic mass is 79.9. The van der Waals surface area contributed by atoms with Crippen molar-refractivity contribution < 1.29 is 4.79 Å². The van der Waals surface area contributed by atoms with E-state index >= 15 is 0 Å². The van der Waals surface area contributed by atoms with Gasteiger partial charge < -0.3 is 4.90 Å². The van der Waals surface area contributed by atoms with Gasteiger partial charge in [0.2, 0.25) is 5.91 Å². The molecule has 1 aromatic rings. The van der Waals surface area contributed by atoms with Crippen LogP contribution in [0.3, 0.4) is 0 Å². The van der Waals surface area contributed by atoms with Crippen LogP contribution in [0.5, 0.6) is 0 Å². The van der Waals surface area contributed by atoms with Gasteiger partial charge in [0.15, 0.2) is 0 Å². The van der Waals surface area contributed by atoms with Crippen LogP contribution in [-0.4, -0.2) is 47.4 Å². The molecule has 1 aromatic carbocycles. The van der Waals surface area contributed by atoms with Crippen LogP contribution in [0.4, 0.5) is 0 Å². The standard InChI is InChI=1S/C22H27BrN2O/c23-18-8-5-15(6-9-18)13-16-7-10-20-19-4-2-12-24-11-1-3-17(21(19)24)14-25(20)22(16)26/h5-6,8-9,13,17,19-21H,1-4,7,10-12,14H2/b16-13+. The van der Waals surface area contributed by atoms with E-state index in [4.69, 9.17) is 0 Å². The first-order chi connectivity index (χ1) is 12.7. The summed E-state index contributed by atoms with van der Waals surface area (Å²) in [6.45, 7) is 3.55. The third-order valence-corrected chi connectivity index (χ3v) is 7.66. The van der Waals surface area contributed by atoms with Crippen LogP contribution in [-0.2, 0) is 4.79 Å². The molecule has 4 fully saturated rings. The average molecular weight is 415 g/mol. The summed E-state index contributed by atoms with van der Waals surface area (Å²) in [7, 11) is 0. The van der Waals surface area contributed by atoms with Gasteiger partial charge in [0.1, 0.15) is 0 Å². The number of hydrogen-bond donors (Lipinski definition) is 0. The zero-order valence-corrected chi connectivity index (χ0v) is 16.8. The minimum Gasteiger partial charge on any atom is -0.335 e. The van der Waals surface area contributed by atoms with Crippen LogP contribution < -0.4 is 0 Å². The van der Waals surface area contributed by atoms with E-state index in [1.165, 1.54) is 38.8 Å². The summed E-state index contributed by atoms with van der Waals surface area (Å²) >= 11 is 3.49. The lowest BCUT2D eigenvalue weighted by molar-refractivity contribution is -0.145. The fraction of sp³-hybridized carbons (Fsp3) is 0.591. The van der Waals surface area contributed by atoms with Crippen molar-refractivity contribution in [2.24, 2.45) is 11.8 Å². The van der Waals surface area contributed by atoms with E-state index in [9.17, 15) is 4.79 Å². The predicted molar refractivity (Wildman–Crippen MR) is 108 cm³/mol. The highest BCUT2D eigenvalue weighted by molar-refractivity contribution is 9.10. The molecule has 0 radical (unpaired) electrons. The molecule has 0 N–H and O–H groups in total. The SMILES string of the molecule is O=C1/C(=C/c2ccc(Br)cc2)CCC2C3CCCN4CCCC(CN12)C34. The minimum absolute atomic E-state index is 0.310. The third kappa shape index (κ3) is 2.86. The number of halogens is 1. The summed E-state index contributed by atoms with van der Waals surface area (Å²) < 4.78 is 1.08. The average Bonchev–Trinajstić information content (AvgIpc) is 2.67. The van der Waals surface area contributed by atoms with Gasteiger partial charge in [0.25, 0.3) is 0 Å². The number of piperidine rings is 4. The Morgan fingerprint density at radius 2 is 1.81 bits per heavy atom. The molecule has 5 rings (SSSR count). The van der Waals surface area contributed by atoms with E-state index in [1.807, 2.05) is 12.1 Å². The summed E-state index contributed by atoms with van der Waals surface area (Å²) in [5.41, 5.74) is 2.14. The van der Waals surface area contributed by atoms with Crippen LogP contribution in [0, 0.1) is 11.8 Å². The second-order valence-corrected chi connectivity index (χ2v) is 9.44. The van der Waals surface area contributed by atoms with Crippen molar-refractivity contribution in [3.63, 3.8) is 0 Å². The number of amides is 1. The van der Waals surface area contributed by atoms with Crippen molar-refractivity contribution in [3.05, 3.63) is 39.9 Å². The van der Waals surface area contributed by atoms with Crippen LogP contribution in [0.1, 0.15) is 44.1 Å². The second kappa shape index (κ2) is 6.79. The van der Waals surface area contributed by atoms with Crippen LogP contribution in [0.2, 0.25) is 0 Å². The molecule has 1 amide bonds. The Morgan fingerprint density at radius 1 is 1.04 bits per heavy atom. The number of carbonyl (C=O) groups is 1. The third-order valence-electron chi connectivity index (χ3n) is 7.13. The van der Waals surface area contributed by atoms with Gasteiger partial charge in [-0.15, -0.1) is 0 Å². The summed E-state index contributed by atoms with van der Waals surface area (Å²) in [5, 5.41) is 0. The second-order valence-electron chi connectivity index (χ2n) is 8.52. The molecule has 3 nitrogen and oxygen atoms in total. The van der Waals surface area contributed by atoms with Crippen molar-refractivity contribution in [1.82, 2.24) is 9.80 Å². The van der Waals surface area contributed by atoms with Gasteiger partial charge in [0, 0.05) is 28.7 Å². The lowest BCUT2D eigenvalue weighted by Gasteiger charge is -2.58. The molecule has 4 heteroatoms. The number of nitrogens with zero attached hydrogens (tertiary/aromatic N) is 2. The number of fused-ring (bicyclic) bond motifs is 2. The Hall–Kier alpha value is -1.13. The molecule has 26 heavy (non-hydrogen) atoms. The maximum Gasteiger partial charge on any atom is 0.250 e. The molecule has 0 saturated carbocycles.